The Morgan fingerprint density at radius 2 is 1.77 bits per heavy atom. The number of hydrogen-bond acceptors (Lipinski definition) is 8. The fraction of sp³-hybridized carbons (Fsp3) is 0.242. The molecular formula is C33H30ClF3N6O5. The summed E-state index contributed by atoms with van der Waals surface area (Å²) >= 11 is 6.64. The van der Waals surface area contributed by atoms with E-state index in [1.807, 2.05) is 0 Å². The average molecular weight is 683 g/mol. The summed E-state index contributed by atoms with van der Waals surface area (Å²) in [7, 11) is 1.45. The SMILES string of the molecule is COc1cc(Cl)c(Nc2nc(=O)n(-c3cncc4cccc(CN)c34)c(=O)n2Cc2cc(F)c(F)cc2F)c(CCCCCC(=O)O)c1. The van der Waals surface area contributed by atoms with Crippen LogP contribution in [0.4, 0.5) is 24.8 Å². The summed E-state index contributed by atoms with van der Waals surface area (Å²) in [4.78, 5) is 47.2. The van der Waals surface area contributed by atoms with Gasteiger partial charge in [-0.3, -0.25) is 14.3 Å². The van der Waals surface area contributed by atoms with Crippen LogP contribution in [0.2, 0.25) is 5.02 Å². The van der Waals surface area contributed by atoms with Crippen LogP contribution in [0, 0.1) is 17.5 Å². The van der Waals surface area contributed by atoms with Crippen LogP contribution in [0.5, 0.6) is 5.75 Å². The molecule has 0 saturated carbocycles. The first-order chi connectivity index (χ1) is 23.0. The van der Waals surface area contributed by atoms with E-state index in [4.69, 9.17) is 27.2 Å². The number of benzene rings is 3. The third-order valence-electron chi connectivity index (χ3n) is 7.75. The Morgan fingerprint density at radius 1 is 1.00 bits per heavy atom. The first-order valence-electron chi connectivity index (χ1n) is 14.8. The number of carbonyl (C=O) groups is 1. The van der Waals surface area contributed by atoms with Crippen LogP contribution in [0.1, 0.15) is 42.4 Å². The Labute approximate surface area is 276 Å². The third-order valence-corrected chi connectivity index (χ3v) is 8.05. The molecule has 48 heavy (non-hydrogen) atoms. The predicted molar refractivity (Wildman–Crippen MR) is 174 cm³/mol. The lowest BCUT2D eigenvalue weighted by Gasteiger charge is -2.20. The molecule has 0 spiro atoms. The van der Waals surface area contributed by atoms with Crippen molar-refractivity contribution in [3.63, 3.8) is 0 Å². The molecule has 11 nitrogen and oxygen atoms in total. The molecule has 2 heterocycles. The van der Waals surface area contributed by atoms with Crippen LogP contribution in [0.3, 0.4) is 0 Å². The molecule has 0 fully saturated rings. The van der Waals surface area contributed by atoms with Gasteiger partial charge in [0, 0.05) is 47.6 Å². The highest BCUT2D eigenvalue weighted by Gasteiger charge is 2.22. The van der Waals surface area contributed by atoms with Gasteiger partial charge in [0.1, 0.15) is 11.6 Å². The Morgan fingerprint density at radius 3 is 2.50 bits per heavy atom. The minimum Gasteiger partial charge on any atom is -0.497 e. The Balaban J connectivity index is 1.69. The number of ether oxygens (including phenoxy) is 1. The largest absolute Gasteiger partial charge is 0.497 e. The number of nitrogens with one attached hydrogen (secondary N) is 1. The highest BCUT2D eigenvalue weighted by molar-refractivity contribution is 6.33. The number of fused-ring (bicyclic) bond motifs is 1. The fourth-order valence-corrected chi connectivity index (χ4v) is 5.67. The standard InChI is InChI=1S/C33H30ClF3N6O5/c1-48-22-10-18(6-3-2-4-9-28(44)45)30(23(34)12-22)40-31-41-32(46)43(27-16-39-15-20-8-5-7-19(14-38)29(20)27)33(47)42(31)17-21-11-25(36)26(37)13-24(21)35/h5,7-8,10-13,15-16H,2-4,6,9,14,17,38H2,1H3,(H,44,45)(H,40,41,46). The number of methoxy groups -OCH3 is 1. The molecule has 3 aromatic carbocycles. The number of hydrogen-bond donors (Lipinski definition) is 3. The summed E-state index contributed by atoms with van der Waals surface area (Å²) in [5, 5.41) is 13.1. The molecule has 0 radical (unpaired) electrons. The number of aromatic nitrogens is 4. The van der Waals surface area contributed by atoms with E-state index in [0.29, 0.717) is 65.5 Å². The van der Waals surface area contributed by atoms with Crippen LogP contribution in [0.25, 0.3) is 16.5 Å². The minimum absolute atomic E-state index is 0.00992. The van der Waals surface area contributed by atoms with Crippen molar-refractivity contribution in [2.24, 2.45) is 5.73 Å². The summed E-state index contributed by atoms with van der Waals surface area (Å²) in [6, 6.07) is 9.35. The smallest absolute Gasteiger partial charge is 0.359 e. The van der Waals surface area contributed by atoms with Crippen molar-refractivity contribution in [1.82, 2.24) is 19.1 Å². The Kier molecular flexibility index (Phi) is 10.4. The van der Waals surface area contributed by atoms with Gasteiger partial charge in [-0.2, -0.15) is 4.98 Å². The average Bonchev–Trinajstić information content (AvgIpc) is 3.05. The lowest BCUT2D eigenvalue weighted by Crippen LogP contribution is -2.42. The number of carboxylic acid groups (broad SMARTS) is 1. The molecule has 0 bridgehead atoms. The predicted octanol–water partition coefficient (Wildman–Crippen LogP) is 5.46. The molecule has 250 valence electrons. The highest BCUT2D eigenvalue weighted by atomic mass is 35.5. The summed E-state index contributed by atoms with van der Waals surface area (Å²) in [5.74, 6) is -4.75. The van der Waals surface area contributed by atoms with Crippen molar-refractivity contribution >= 4 is 40.0 Å². The van der Waals surface area contributed by atoms with Crippen LogP contribution < -0.4 is 27.2 Å². The number of unbranched alkanes of at least 4 members (excludes halogenated alkanes) is 2. The maximum atomic E-state index is 15.0. The van der Waals surface area contributed by atoms with Crippen LogP contribution in [-0.2, 0) is 24.3 Å². The quantitative estimate of drug-likeness (QED) is 0.108. The van der Waals surface area contributed by atoms with E-state index in [2.05, 4.69) is 15.3 Å². The number of halogens is 4. The van der Waals surface area contributed by atoms with Crippen molar-refractivity contribution < 1.29 is 27.8 Å². The zero-order valence-electron chi connectivity index (χ0n) is 25.6. The van der Waals surface area contributed by atoms with Crippen molar-refractivity contribution in [1.29, 1.82) is 0 Å². The van der Waals surface area contributed by atoms with Crippen molar-refractivity contribution in [3.8, 4) is 11.4 Å². The normalized spacial score (nSPS) is 11.2. The van der Waals surface area contributed by atoms with Crippen LogP contribution >= 0.6 is 11.6 Å². The summed E-state index contributed by atoms with van der Waals surface area (Å²) < 4.78 is 50.0. The molecule has 5 aromatic rings. The van der Waals surface area contributed by atoms with Crippen LogP contribution in [0.15, 0.2) is 64.4 Å². The number of aryl methyl sites for hydroxylation is 1. The molecule has 0 saturated heterocycles. The Bertz CT molecular complexity index is 2130. The van der Waals surface area contributed by atoms with Gasteiger partial charge in [-0.1, -0.05) is 36.2 Å². The lowest BCUT2D eigenvalue weighted by molar-refractivity contribution is -0.137. The van der Waals surface area contributed by atoms with E-state index in [0.717, 1.165) is 9.13 Å². The number of carboxylic acids is 1. The first-order valence-corrected chi connectivity index (χ1v) is 15.2. The molecule has 15 heteroatoms. The molecule has 0 aliphatic heterocycles. The van der Waals surface area contributed by atoms with E-state index in [-0.39, 0.29) is 35.3 Å². The molecule has 0 amide bonds. The first kappa shape index (κ1) is 34.1. The van der Waals surface area contributed by atoms with Gasteiger partial charge in [-0.05, 0) is 42.5 Å². The molecular weight excluding hydrogens is 653 g/mol. The number of anilines is 2. The molecule has 0 aliphatic rings. The topological polar surface area (TPSA) is 154 Å². The van der Waals surface area contributed by atoms with Gasteiger partial charge in [0.25, 0.3) is 0 Å². The summed E-state index contributed by atoms with van der Waals surface area (Å²) in [5.41, 5.74) is 5.05. The van der Waals surface area contributed by atoms with Crippen molar-refractivity contribution in [2.45, 2.75) is 45.2 Å². The molecule has 0 aliphatic carbocycles. The number of pyridine rings is 1. The van der Waals surface area contributed by atoms with E-state index in [1.165, 1.54) is 25.6 Å². The molecule has 0 atom stereocenters. The zero-order chi connectivity index (χ0) is 34.5. The Hall–Kier alpha value is -5.21. The van der Waals surface area contributed by atoms with Crippen LogP contribution in [-0.4, -0.2) is 37.3 Å². The highest BCUT2D eigenvalue weighted by Crippen LogP contribution is 2.34. The number of aliphatic carboxylic acids is 1. The second-order valence-corrected chi connectivity index (χ2v) is 11.3. The number of nitrogens with zero attached hydrogens (tertiary/aromatic N) is 4. The van der Waals surface area contributed by atoms with Gasteiger partial charge in [0.15, 0.2) is 11.6 Å². The fourth-order valence-electron chi connectivity index (χ4n) is 5.40. The third kappa shape index (κ3) is 7.19. The zero-order valence-corrected chi connectivity index (χ0v) is 26.4. The second-order valence-electron chi connectivity index (χ2n) is 10.9. The molecule has 5 rings (SSSR count). The van der Waals surface area contributed by atoms with Crippen molar-refractivity contribution in [3.05, 3.63) is 115 Å². The van der Waals surface area contributed by atoms with Gasteiger partial charge in [-0.15, -0.1) is 0 Å². The minimum atomic E-state index is -1.42. The molecule has 2 aromatic heterocycles. The van der Waals surface area contributed by atoms with Gasteiger partial charge in [-0.25, -0.2) is 27.3 Å². The van der Waals surface area contributed by atoms with Gasteiger partial charge in [0.05, 0.1) is 36.2 Å². The van der Waals surface area contributed by atoms with E-state index in [9.17, 15) is 27.6 Å². The second kappa shape index (κ2) is 14.7. The maximum absolute atomic E-state index is 15.0. The van der Waals surface area contributed by atoms with Crippen molar-refractivity contribution in [2.75, 3.05) is 12.4 Å². The molecule has 0 unspecified atom stereocenters. The van der Waals surface area contributed by atoms with Gasteiger partial charge in [0.2, 0.25) is 5.95 Å². The van der Waals surface area contributed by atoms with E-state index < -0.39 is 46.9 Å². The number of nitrogens with two attached hydrogens (primary N) is 1. The number of rotatable bonds is 13. The summed E-state index contributed by atoms with van der Waals surface area (Å²) in [6.45, 7) is -0.600. The maximum Gasteiger partial charge on any atom is 0.359 e. The molecule has 4 N–H and O–H groups in total. The van der Waals surface area contributed by atoms with Gasteiger partial charge >= 0.3 is 17.3 Å². The lowest BCUT2D eigenvalue weighted by atomic mass is 10.0. The van der Waals surface area contributed by atoms with E-state index in [1.54, 1.807) is 24.3 Å². The summed E-state index contributed by atoms with van der Waals surface area (Å²) in [6.07, 6.45) is 4.83. The van der Waals surface area contributed by atoms with Gasteiger partial charge < -0.3 is 20.9 Å². The monoisotopic (exact) mass is 682 g/mol. The van der Waals surface area contributed by atoms with E-state index >= 15 is 0 Å².